The van der Waals surface area contributed by atoms with E-state index in [-0.39, 0.29) is 197 Å². The zero-order valence-electron chi connectivity index (χ0n) is 54.1. The van der Waals surface area contributed by atoms with Gasteiger partial charge in [0.25, 0.3) is 0 Å². The van der Waals surface area contributed by atoms with Crippen molar-refractivity contribution in [2.75, 3.05) is 52.9 Å². The van der Waals surface area contributed by atoms with Gasteiger partial charge in [-0.15, -0.1) is 0 Å². The average Bonchev–Trinajstić information content (AvgIpc) is 0.689. The molecule has 6 heterocycles. The molecule has 6 saturated heterocycles. The Kier molecular flexibility index (Phi) is 28.7. The minimum absolute atomic E-state index is 0.0627. The summed E-state index contributed by atoms with van der Waals surface area (Å²) in [6.07, 6.45) is -0.502. The predicted octanol–water partition coefficient (Wildman–Crippen LogP) is 7.84. The Balaban J connectivity index is 1.96. The minimum Gasteiger partial charge on any atom is -0.462 e. The van der Waals surface area contributed by atoms with E-state index in [0.717, 1.165) is 0 Å². The molecule has 28 nitrogen and oxygen atoms in total. The highest BCUT2D eigenvalue weighted by atomic mass is 28.6. The monoisotopic (exact) mass is 1430 g/mol. The lowest BCUT2D eigenvalue weighted by atomic mass is 10.4. The van der Waals surface area contributed by atoms with Gasteiger partial charge >= 0.3 is 118 Å². The minimum atomic E-state index is -4.96. The van der Waals surface area contributed by atoms with Gasteiger partial charge in [-0.05, 0) is 107 Å². The van der Waals surface area contributed by atoms with Crippen LogP contribution in [0.25, 0.3) is 0 Å². The average molecular weight is 1430 g/mol. The van der Waals surface area contributed by atoms with Crippen LogP contribution in [-0.4, -0.2) is 171 Å². The molecule has 0 amide bonds. The van der Waals surface area contributed by atoms with Crippen molar-refractivity contribution in [1.29, 1.82) is 0 Å². The first-order valence-electron chi connectivity index (χ1n) is 30.1. The lowest BCUT2D eigenvalue weighted by Crippen LogP contribution is -2.88. The number of esters is 8. The lowest BCUT2D eigenvalue weighted by Gasteiger charge is -2.63. The summed E-state index contributed by atoms with van der Waals surface area (Å²) in [5, 5.41) is 0. The fourth-order valence-corrected chi connectivity index (χ4v) is 59.3. The topological polar surface area (TPSA) is 321 Å². The molecule has 0 unspecified atom stereocenters. The fraction of sp³-hybridized carbons (Fsp3) is 0.571. The van der Waals surface area contributed by atoms with E-state index in [1.807, 2.05) is 0 Å². The number of hydrogen-bond acceptors (Lipinski definition) is 28. The van der Waals surface area contributed by atoms with E-state index in [9.17, 15) is 38.4 Å². The summed E-state index contributed by atoms with van der Waals surface area (Å²) in [7, 11) is -39.6. The van der Waals surface area contributed by atoms with E-state index in [1.165, 1.54) is 55.4 Å². The molecule has 512 valence electrons. The van der Waals surface area contributed by atoms with Crippen molar-refractivity contribution >= 4 is 118 Å². The van der Waals surface area contributed by atoms with Crippen LogP contribution >= 0.6 is 0 Å². The molecular formula is C56H88O28Si8. The molecule has 0 aromatic carbocycles. The van der Waals surface area contributed by atoms with Crippen LogP contribution in [0.2, 0.25) is 48.4 Å². The third-order valence-corrected chi connectivity index (χ3v) is 51.0. The summed E-state index contributed by atoms with van der Waals surface area (Å²) >= 11 is 0. The second-order valence-corrected chi connectivity index (χ2v) is 47.6. The highest BCUT2D eigenvalue weighted by Gasteiger charge is 2.83. The first-order valence-corrected chi connectivity index (χ1v) is 45.6. The third-order valence-electron chi connectivity index (χ3n) is 13.4. The van der Waals surface area contributed by atoms with Gasteiger partial charge in [-0.1, -0.05) is 52.6 Å². The van der Waals surface area contributed by atoms with Gasteiger partial charge in [0, 0.05) is 92.9 Å². The van der Waals surface area contributed by atoms with E-state index in [0.29, 0.717) is 0 Å². The Bertz CT molecular complexity index is 2250. The standard InChI is InChI=1S/C56H88O28Si8/c1-41(2)49(57)65-25-17-33-85-73-86(34-18-26-66-50(58)42(3)4)76-89(37-21-29-69-53(61)45(9)10)78-87(74-85,35-19-27-67-51(59)43(5)6)80-91(39-23-31-71-55(63)47(13)14)81-88(75-85,36-20-28-68-52(60)44(7)8)79-90(77-86,38-22-30-70-54(62)46(11)12)83-92(82-89,84-91)40-24-32-72-56(64)48(15)16/h1,3,5,7,9,11,13,15,17-40H2,2,4,6,8,10,12,14,16H3. The Morgan fingerprint density at radius 2 is 0.293 bits per heavy atom. The van der Waals surface area contributed by atoms with Gasteiger partial charge in [0.05, 0.1) is 52.9 Å². The normalized spacial score (nSPS) is 27.4. The molecule has 0 N–H and O–H groups in total. The Hall–Kier alpha value is -5.06. The molecule has 36 heteroatoms. The van der Waals surface area contributed by atoms with Crippen molar-refractivity contribution in [2.24, 2.45) is 0 Å². The second-order valence-electron chi connectivity index (χ2n) is 22.8. The van der Waals surface area contributed by atoms with Gasteiger partial charge in [-0.3, -0.25) is 0 Å². The molecular weight excluding hydrogens is 1350 g/mol. The predicted molar refractivity (Wildman–Crippen MR) is 341 cm³/mol. The summed E-state index contributed by atoms with van der Waals surface area (Å²) in [6.45, 7) is 39.4. The second kappa shape index (κ2) is 34.0. The van der Waals surface area contributed by atoms with E-state index in [2.05, 4.69) is 52.6 Å². The van der Waals surface area contributed by atoms with Crippen molar-refractivity contribution in [3.8, 4) is 0 Å². The molecule has 6 aliphatic heterocycles. The molecule has 8 bridgehead atoms. The maximum Gasteiger partial charge on any atom is 0.479 e. The van der Waals surface area contributed by atoms with E-state index in [4.69, 9.17) is 87.3 Å². The van der Waals surface area contributed by atoms with Crippen LogP contribution in [0, 0.1) is 0 Å². The van der Waals surface area contributed by atoms with Crippen molar-refractivity contribution in [3.63, 3.8) is 0 Å². The third kappa shape index (κ3) is 22.5. The maximum atomic E-state index is 13.0. The molecule has 0 saturated carbocycles. The van der Waals surface area contributed by atoms with Crippen molar-refractivity contribution in [1.82, 2.24) is 0 Å². The van der Waals surface area contributed by atoms with E-state index in [1.54, 1.807) is 0 Å². The van der Waals surface area contributed by atoms with Crippen molar-refractivity contribution < 1.29 is 126 Å². The van der Waals surface area contributed by atoms with Crippen molar-refractivity contribution in [3.05, 3.63) is 97.2 Å². The Labute approximate surface area is 546 Å². The molecule has 0 spiro atoms. The smallest absolute Gasteiger partial charge is 0.462 e. The zero-order chi connectivity index (χ0) is 68.4. The van der Waals surface area contributed by atoms with Gasteiger partial charge < -0.3 is 87.3 Å². The fourth-order valence-electron chi connectivity index (χ4n) is 9.18. The summed E-state index contributed by atoms with van der Waals surface area (Å²) in [4.78, 5) is 104. The largest absolute Gasteiger partial charge is 0.479 e. The zero-order valence-corrected chi connectivity index (χ0v) is 62.1. The molecule has 0 aromatic heterocycles. The van der Waals surface area contributed by atoms with Gasteiger partial charge in [0.1, 0.15) is 0 Å². The molecule has 92 heavy (non-hydrogen) atoms. The molecule has 0 aromatic rings. The summed E-state index contributed by atoms with van der Waals surface area (Å²) in [6, 6.07) is -2.05. The quantitative estimate of drug-likeness (QED) is 0.0185. The highest BCUT2D eigenvalue weighted by molar-refractivity contribution is 7.03. The molecule has 6 fully saturated rings. The molecule has 0 radical (unpaired) electrons. The lowest BCUT2D eigenvalue weighted by molar-refractivity contribution is -0.139. The number of hydrogen-bond donors (Lipinski definition) is 0. The van der Waals surface area contributed by atoms with Gasteiger partial charge in [0.2, 0.25) is 0 Å². The van der Waals surface area contributed by atoms with Crippen LogP contribution in [0.15, 0.2) is 97.2 Å². The summed E-state index contributed by atoms with van der Waals surface area (Å²) in [5.74, 6) is -5.67. The first kappa shape index (κ1) is 77.6. The van der Waals surface area contributed by atoms with Crippen LogP contribution < -0.4 is 0 Å². The van der Waals surface area contributed by atoms with Gasteiger partial charge in [-0.2, -0.15) is 0 Å². The van der Waals surface area contributed by atoms with Crippen LogP contribution in [-0.2, 0) is 126 Å². The number of ether oxygens (including phenoxy) is 8. The summed E-state index contributed by atoms with van der Waals surface area (Å²) in [5.41, 5.74) is 0.857. The molecule has 6 aliphatic rings. The number of carbonyl (C=O) groups is 8. The van der Waals surface area contributed by atoms with Gasteiger partial charge in [0.15, 0.2) is 0 Å². The Morgan fingerprint density at radius 3 is 0.370 bits per heavy atom. The van der Waals surface area contributed by atoms with Crippen LogP contribution in [0.4, 0.5) is 0 Å². The number of carbonyl (C=O) groups excluding carboxylic acids is 8. The van der Waals surface area contributed by atoms with Crippen molar-refractivity contribution in [2.45, 2.75) is 155 Å². The van der Waals surface area contributed by atoms with E-state index < -0.39 is 118 Å². The molecule has 0 atom stereocenters. The van der Waals surface area contributed by atoms with Crippen LogP contribution in [0.1, 0.15) is 107 Å². The maximum absolute atomic E-state index is 13.0. The SMILES string of the molecule is C=C(C)C(=O)OCCC[Si]12O[Si]3(CCCOC(=O)C(=C)C)O[Si]4(CCCOC(=O)C(=C)C)O[Si](CCCOC(=O)C(=C)C)(O1)O[Si]1(CCCOC(=O)C(=C)C)O[Si](CCCOC(=O)C(=C)C)(O2)O[Si](CCCOC(=O)C(=C)C)(O3)O[Si](CCCOC(=O)C(=C)C)(O4)O1. The highest BCUT2D eigenvalue weighted by Crippen LogP contribution is 2.55. The number of rotatable bonds is 40. The van der Waals surface area contributed by atoms with Crippen LogP contribution in [0.5, 0.6) is 0 Å². The molecule has 6 rings (SSSR count). The Morgan fingerprint density at radius 1 is 0.207 bits per heavy atom. The first-order chi connectivity index (χ1) is 43.1. The molecule has 0 aliphatic carbocycles. The van der Waals surface area contributed by atoms with E-state index >= 15 is 0 Å². The van der Waals surface area contributed by atoms with Crippen LogP contribution in [0.3, 0.4) is 0 Å². The van der Waals surface area contributed by atoms with Gasteiger partial charge in [-0.25, -0.2) is 38.4 Å². The summed E-state index contributed by atoms with van der Waals surface area (Å²) < 4.78 is 138.